The first-order valence-corrected chi connectivity index (χ1v) is 12.5. The van der Waals surface area contributed by atoms with Crippen LogP contribution in [0.25, 0.3) is 0 Å². The van der Waals surface area contributed by atoms with Crippen molar-refractivity contribution in [2.75, 3.05) is 13.2 Å². The number of hydrogen-bond acceptors (Lipinski definition) is 5. The molecule has 0 N–H and O–H groups in total. The summed E-state index contributed by atoms with van der Waals surface area (Å²) in [4.78, 5) is 13.5. The molecule has 0 bridgehead atoms. The van der Waals surface area contributed by atoms with Gasteiger partial charge in [0.05, 0.1) is 13.2 Å². The van der Waals surface area contributed by atoms with Crippen LogP contribution in [-0.4, -0.2) is 27.5 Å². The van der Waals surface area contributed by atoms with Gasteiger partial charge < -0.3 is 9.16 Å². The van der Waals surface area contributed by atoms with Crippen molar-refractivity contribution >= 4 is 35.9 Å². The van der Waals surface area contributed by atoms with E-state index in [0.717, 1.165) is 4.91 Å². The molecule has 0 fully saturated rings. The van der Waals surface area contributed by atoms with Gasteiger partial charge in [-0.2, -0.15) is 0 Å². The first-order valence-electron chi connectivity index (χ1n) is 7.40. The maximum absolute atomic E-state index is 11.3. The summed E-state index contributed by atoms with van der Waals surface area (Å²) >= 11 is 0. The summed E-state index contributed by atoms with van der Waals surface area (Å²) in [6.07, 6.45) is 7.34. The van der Waals surface area contributed by atoms with E-state index < -0.39 is 8.32 Å². The predicted octanol–water partition coefficient (Wildman–Crippen LogP) is 5.29. The van der Waals surface area contributed by atoms with E-state index in [1.54, 1.807) is 34.6 Å². The van der Waals surface area contributed by atoms with Gasteiger partial charge in [0, 0.05) is 15.9 Å². The smallest absolute Gasteiger partial charge is 0.330 e. The van der Waals surface area contributed by atoms with Crippen LogP contribution in [0, 0.1) is 0 Å². The summed E-state index contributed by atoms with van der Waals surface area (Å²) < 4.78 is 11.1. The average Bonchev–Trinajstić information content (AvgIpc) is 2.43. The summed E-state index contributed by atoms with van der Waals surface area (Å²) in [6.45, 7) is 14.1. The minimum atomic E-state index is -1.70. The van der Waals surface area contributed by atoms with E-state index in [9.17, 15) is 4.79 Å². The number of hydrogen-bond donors (Lipinski definition) is 0. The first-order chi connectivity index (χ1) is 10.2. The van der Waals surface area contributed by atoms with Crippen LogP contribution in [0.2, 0.25) is 18.1 Å². The van der Waals surface area contributed by atoms with E-state index in [4.69, 9.17) is 9.16 Å². The van der Waals surface area contributed by atoms with Crippen molar-refractivity contribution in [1.29, 1.82) is 0 Å². The zero-order valence-corrected chi connectivity index (χ0v) is 16.9. The zero-order chi connectivity index (χ0) is 16.8. The molecule has 1 aliphatic rings. The Hall–Kier alpha value is -0.433. The average molecular weight is 359 g/mol. The Labute approximate surface area is 143 Å². The van der Waals surface area contributed by atoms with Gasteiger partial charge in [-0.3, -0.25) is 0 Å². The molecule has 0 amide bonds. The molecule has 1 heterocycles. The van der Waals surface area contributed by atoms with Crippen molar-refractivity contribution in [1.82, 2.24) is 0 Å². The third-order valence-corrected chi connectivity index (χ3v) is 10.7. The number of rotatable bonds is 6. The zero-order valence-electron chi connectivity index (χ0n) is 14.3. The number of ether oxygens (including phenoxy) is 1. The highest BCUT2D eigenvalue weighted by Crippen LogP contribution is 2.42. The van der Waals surface area contributed by atoms with Crippen molar-refractivity contribution < 1.29 is 14.0 Å². The SMILES string of the molecule is CCOC(=O)C=CC1=CC=C(CO[Si](C)(C)C(C)(C)C)SS1. The third-order valence-electron chi connectivity index (χ3n) is 3.73. The van der Waals surface area contributed by atoms with Crippen LogP contribution in [0.1, 0.15) is 27.7 Å². The Bertz CT molecular complexity index is 488. The number of esters is 1. The van der Waals surface area contributed by atoms with E-state index in [1.165, 1.54) is 11.0 Å². The number of carbonyl (C=O) groups excluding carboxylic acids is 1. The molecule has 0 aromatic heterocycles. The minimum Gasteiger partial charge on any atom is -0.463 e. The standard InChI is InChI=1S/C16H26O3S2Si/c1-7-18-15(17)11-10-13-8-9-14(21-20-13)12-19-22(5,6)16(2,3)4/h8-11H,7,12H2,1-6H3. The summed E-state index contributed by atoms with van der Waals surface area (Å²) in [5, 5.41) is 0.226. The Balaban J connectivity index is 2.55. The van der Waals surface area contributed by atoms with Crippen molar-refractivity contribution in [2.24, 2.45) is 0 Å². The lowest BCUT2D eigenvalue weighted by atomic mass is 10.2. The van der Waals surface area contributed by atoms with Crippen LogP contribution >= 0.6 is 21.6 Å². The topological polar surface area (TPSA) is 35.5 Å². The monoisotopic (exact) mass is 358 g/mol. The van der Waals surface area contributed by atoms with Gasteiger partial charge in [0.15, 0.2) is 8.32 Å². The highest BCUT2D eigenvalue weighted by molar-refractivity contribution is 8.79. The van der Waals surface area contributed by atoms with Crippen molar-refractivity contribution in [2.45, 2.75) is 45.8 Å². The second kappa shape index (κ2) is 8.43. The Kier molecular flexibility index (Phi) is 7.51. The van der Waals surface area contributed by atoms with Gasteiger partial charge in [0.25, 0.3) is 0 Å². The fourth-order valence-electron chi connectivity index (χ4n) is 1.30. The molecule has 124 valence electrons. The molecule has 0 spiro atoms. The summed E-state index contributed by atoms with van der Waals surface area (Å²) in [7, 11) is 1.63. The molecule has 1 aliphatic heterocycles. The maximum atomic E-state index is 11.3. The molecular formula is C16H26O3S2Si. The molecule has 0 saturated carbocycles. The van der Waals surface area contributed by atoms with Gasteiger partial charge in [0.1, 0.15) is 0 Å². The fourth-order valence-corrected chi connectivity index (χ4v) is 4.29. The van der Waals surface area contributed by atoms with Gasteiger partial charge in [-0.15, -0.1) is 0 Å². The van der Waals surface area contributed by atoms with Crippen molar-refractivity contribution in [3.63, 3.8) is 0 Å². The lowest BCUT2D eigenvalue weighted by molar-refractivity contribution is -0.137. The molecule has 3 nitrogen and oxygen atoms in total. The third kappa shape index (κ3) is 6.36. The van der Waals surface area contributed by atoms with Crippen LogP contribution in [0.15, 0.2) is 34.1 Å². The van der Waals surface area contributed by atoms with Gasteiger partial charge in [-0.05, 0) is 43.3 Å². The van der Waals surface area contributed by atoms with Gasteiger partial charge >= 0.3 is 5.97 Å². The highest BCUT2D eigenvalue weighted by Gasteiger charge is 2.37. The van der Waals surface area contributed by atoms with Gasteiger partial charge in [-0.25, -0.2) is 4.79 Å². The van der Waals surface area contributed by atoms with Crippen LogP contribution in [0.5, 0.6) is 0 Å². The van der Waals surface area contributed by atoms with Crippen LogP contribution in [-0.2, 0) is 14.0 Å². The molecule has 0 saturated heterocycles. The molecule has 0 aromatic carbocycles. The fraction of sp³-hybridized carbons (Fsp3) is 0.562. The molecule has 0 radical (unpaired) electrons. The Morgan fingerprint density at radius 1 is 1.27 bits per heavy atom. The number of carbonyl (C=O) groups is 1. The molecule has 0 unspecified atom stereocenters. The quantitative estimate of drug-likeness (QED) is 0.279. The van der Waals surface area contributed by atoms with E-state index in [2.05, 4.69) is 39.9 Å². The van der Waals surface area contributed by atoms with Crippen molar-refractivity contribution in [3.8, 4) is 0 Å². The molecule has 0 aromatic rings. The molecule has 6 heteroatoms. The highest BCUT2D eigenvalue weighted by atomic mass is 33.1. The molecule has 22 heavy (non-hydrogen) atoms. The first kappa shape index (κ1) is 19.6. The Morgan fingerprint density at radius 3 is 2.45 bits per heavy atom. The second-order valence-corrected chi connectivity index (χ2v) is 13.6. The van der Waals surface area contributed by atoms with Gasteiger partial charge in [-0.1, -0.05) is 42.4 Å². The lowest BCUT2D eigenvalue weighted by Gasteiger charge is -2.36. The summed E-state index contributed by atoms with van der Waals surface area (Å²) in [5.74, 6) is -0.301. The van der Waals surface area contributed by atoms with Crippen molar-refractivity contribution in [3.05, 3.63) is 34.1 Å². The molecule has 0 aliphatic carbocycles. The second-order valence-electron chi connectivity index (χ2n) is 6.50. The molecule has 0 atom stereocenters. The van der Waals surface area contributed by atoms with E-state index in [0.29, 0.717) is 13.2 Å². The van der Waals surface area contributed by atoms with E-state index >= 15 is 0 Å². The largest absolute Gasteiger partial charge is 0.463 e. The van der Waals surface area contributed by atoms with E-state index in [-0.39, 0.29) is 11.0 Å². The maximum Gasteiger partial charge on any atom is 0.330 e. The van der Waals surface area contributed by atoms with Crippen LogP contribution < -0.4 is 0 Å². The molecule has 1 rings (SSSR count). The Morgan fingerprint density at radius 2 is 1.95 bits per heavy atom. The minimum absolute atomic E-state index is 0.226. The number of allylic oxidation sites excluding steroid dienone is 3. The van der Waals surface area contributed by atoms with Crippen LogP contribution in [0.3, 0.4) is 0 Å². The normalized spacial score (nSPS) is 16.5. The van der Waals surface area contributed by atoms with Crippen LogP contribution in [0.4, 0.5) is 0 Å². The lowest BCUT2D eigenvalue weighted by Crippen LogP contribution is -2.41. The predicted molar refractivity (Wildman–Crippen MR) is 100 cm³/mol. The summed E-state index contributed by atoms with van der Waals surface area (Å²) in [5.41, 5.74) is 0. The van der Waals surface area contributed by atoms with Gasteiger partial charge in [0.2, 0.25) is 0 Å². The van der Waals surface area contributed by atoms with E-state index in [1.807, 2.05) is 6.08 Å². The molecular weight excluding hydrogens is 332 g/mol. The summed E-state index contributed by atoms with van der Waals surface area (Å²) in [6, 6.07) is 0.